The summed E-state index contributed by atoms with van der Waals surface area (Å²) in [6.07, 6.45) is 4.79. The normalized spacial score (nSPS) is 41.8. The lowest BCUT2D eigenvalue weighted by atomic mass is 9.79. The second kappa shape index (κ2) is 21.3. The second-order valence-corrected chi connectivity index (χ2v) is 18.5. The van der Waals surface area contributed by atoms with Crippen molar-refractivity contribution in [2.24, 2.45) is 41.4 Å². The van der Waals surface area contributed by atoms with Crippen LogP contribution in [0.3, 0.4) is 0 Å². The van der Waals surface area contributed by atoms with E-state index in [9.17, 15) is 24.9 Å². The predicted octanol–water partition coefficient (Wildman–Crippen LogP) is 4.92. The molecule has 0 bridgehead atoms. The van der Waals surface area contributed by atoms with Gasteiger partial charge in [-0.1, -0.05) is 59.3 Å². The lowest BCUT2D eigenvalue weighted by Crippen LogP contribution is -2.63. The number of aliphatic hydroxyl groups is 3. The van der Waals surface area contributed by atoms with Crippen LogP contribution < -0.4 is 0 Å². The molecule has 4 heterocycles. The van der Waals surface area contributed by atoms with Gasteiger partial charge in [-0.2, -0.15) is 0 Å². The highest BCUT2D eigenvalue weighted by molar-refractivity contribution is 5.91. The van der Waals surface area contributed by atoms with Gasteiger partial charge in [0, 0.05) is 37.4 Å². The summed E-state index contributed by atoms with van der Waals surface area (Å²) in [6, 6.07) is -0.640. The zero-order valence-electron chi connectivity index (χ0n) is 35.8. The van der Waals surface area contributed by atoms with Crippen molar-refractivity contribution < 1.29 is 39.1 Å². The number of esters is 1. The zero-order chi connectivity index (χ0) is 40.6. The number of nitrogens with zero attached hydrogens (tertiary/aromatic N) is 3. The molecular weight excluding hydrogens is 698 g/mol. The van der Waals surface area contributed by atoms with Gasteiger partial charge in [0.1, 0.15) is 12.2 Å². The van der Waals surface area contributed by atoms with E-state index in [1.165, 1.54) is 6.42 Å². The SMILES string of the molecule is CCC1OC(=O)CC(O)C(C)C(OC2OC(C)C(O)C(N(C)C)C2O)C(CCN2CC(C)CC(C)C2)CC(C)C(=O)/C=C/C(C)=C/C1CN1CCC(C)CC1. The Morgan fingerprint density at radius 2 is 1.55 bits per heavy atom. The molecule has 11 nitrogen and oxygen atoms in total. The molecule has 3 N–H and O–H groups in total. The number of cyclic esters (lactones) is 1. The first-order valence-corrected chi connectivity index (χ1v) is 21.5. The number of ether oxygens (including phenoxy) is 3. The van der Waals surface area contributed by atoms with Crippen LogP contribution in [0.5, 0.6) is 0 Å². The van der Waals surface area contributed by atoms with Crippen LogP contribution in [0.4, 0.5) is 0 Å². The van der Waals surface area contributed by atoms with Crippen LogP contribution in [-0.4, -0.2) is 144 Å². The lowest BCUT2D eigenvalue weighted by molar-refractivity contribution is -0.304. The first-order chi connectivity index (χ1) is 26.0. The van der Waals surface area contributed by atoms with E-state index in [4.69, 9.17) is 14.2 Å². The maximum atomic E-state index is 13.9. The van der Waals surface area contributed by atoms with E-state index in [1.807, 2.05) is 33.8 Å². The molecule has 0 aromatic carbocycles. The zero-order valence-corrected chi connectivity index (χ0v) is 35.8. The third-order valence-corrected chi connectivity index (χ3v) is 13.1. The van der Waals surface area contributed by atoms with Crippen LogP contribution in [-0.2, 0) is 23.8 Å². The van der Waals surface area contributed by atoms with Crippen LogP contribution in [0.1, 0.15) is 100 Å². The van der Waals surface area contributed by atoms with Gasteiger partial charge in [-0.3, -0.25) is 9.59 Å². The maximum absolute atomic E-state index is 13.9. The highest BCUT2D eigenvalue weighted by Crippen LogP contribution is 2.35. The Hall–Kier alpha value is -1.70. The molecule has 55 heavy (non-hydrogen) atoms. The number of rotatable bonds is 9. The van der Waals surface area contributed by atoms with Crippen LogP contribution >= 0.6 is 0 Å². The minimum absolute atomic E-state index is 0.0235. The quantitative estimate of drug-likeness (QED) is 0.276. The van der Waals surface area contributed by atoms with E-state index >= 15 is 0 Å². The van der Waals surface area contributed by atoms with Crippen LogP contribution in [0, 0.1) is 41.4 Å². The topological polar surface area (TPSA) is 132 Å². The summed E-state index contributed by atoms with van der Waals surface area (Å²) in [5.41, 5.74) is 0.951. The van der Waals surface area contributed by atoms with Crippen molar-refractivity contribution in [3.05, 3.63) is 23.8 Å². The first-order valence-electron chi connectivity index (χ1n) is 21.5. The summed E-state index contributed by atoms with van der Waals surface area (Å²) in [5, 5.41) is 34.4. The van der Waals surface area contributed by atoms with Crippen molar-refractivity contribution in [2.75, 3.05) is 53.4 Å². The maximum Gasteiger partial charge on any atom is 0.308 e. The predicted molar refractivity (Wildman–Crippen MR) is 216 cm³/mol. The molecule has 4 rings (SSSR count). The Morgan fingerprint density at radius 1 is 0.891 bits per heavy atom. The molecule has 3 fully saturated rings. The Balaban J connectivity index is 1.69. The van der Waals surface area contributed by atoms with Gasteiger partial charge < -0.3 is 44.2 Å². The standard InChI is InChI=1S/C44H77N3O8/c1-11-38-35(26-46-17-14-27(2)15-18-46)21-28(3)12-13-36(48)31(6)22-34(16-19-47-24-29(4)20-30(5)25-47)43(32(7)37(49)23-39(50)54-38)55-44-42(52)40(45(9)10)41(51)33(8)53-44/h12-13,21,27,29-35,37-38,40-44,49,51-52H,11,14-20,22-26H2,1-10H3/b13-12+,28-21+. The first kappa shape index (κ1) is 46.0. The summed E-state index contributed by atoms with van der Waals surface area (Å²) >= 11 is 0. The largest absolute Gasteiger partial charge is 0.462 e. The molecule has 0 aromatic heterocycles. The van der Waals surface area contributed by atoms with E-state index in [0.29, 0.717) is 37.0 Å². The fourth-order valence-electron chi connectivity index (χ4n) is 9.72. The number of carbonyl (C=O) groups is 2. The minimum atomic E-state index is -1.18. The molecule has 4 aliphatic rings. The summed E-state index contributed by atoms with van der Waals surface area (Å²) in [7, 11) is 3.61. The molecule has 14 atom stereocenters. The second-order valence-electron chi connectivity index (χ2n) is 18.5. The summed E-state index contributed by atoms with van der Waals surface area (Å²) in [4.78, 5) is 34.4. The monoisotopic (exact) mass is 776 g/mol. The average molecular weight is 776 g/mol. The number of likely N-dealkylation sites (tertiary alicyclic amines) is 2. The molecule has 11 heteroatoms. The number of likely N-dealkylation sites (N-methyl/N-ethyl adjacent to an activating group) is 1. The highest BCUT2D eigenvalue weighted by atomic mass is 16.7. The molecule has 3 saturated heterocycles. The molecule has 0 spiro atoms. The van der Waals surface area contributed by atoms with Crippen molar-refractivity contribution >= 4 is 11.8 Å². The number of ketones is 1. The van der Waals surface area contributed by atoms with E-state index in [1.54, 1.807) is 32.0 Å². The van der Waals surface area contributed by atoms with E-state index in [2.05, 4.69) is 36.6 Å². The molecule has 0 amide bonds. The molecule has 14 unspecified atom stereocenters. The molecule has 316 valence electrons. The van der Waals surface area contributed by atoms with Gasteiger partial charge in [0.15, 0.2) is 12.1 Å². The van der Waals surface area contributed by atoms with Crippen molar-refractivity contribution in [3.8, 4) is 0 Å². The third kappa shape index (κ3) is 13.2. The van der Waals surface area contributed by atoms with Gasteiger partial charge >= 0.3 is 5.97 Å². The third-order valence-electron chi connectivity index (χ3n) is 13.1. The Bertz CT molecular complexity index is 1260. The van der Waals surface area contributed by atoms with Gasteiger partial charge in [0.25, 0.3) is 0 Å². The van der Waals surface area contributed by atoms with Crippen LogP contribution in [0.2, 0.25) is 0 Å². The summed E-state index contributed by atoms with van der Waals surface area (Å²) < 4.78 is 19.2. The molecule has 0 radical (unpaired) electrons. The summed E-state index contributed by atoms with van der Waals surface area (Å²) in [6.45, 7) is 22.1. The number of allylic oxidation sites excluding steroid dienone is 3. The van der Waals surface area contributed by atoms with E-state index in [-0.39, 0.29) is 30.0 Å². The number of carbonyl (C=O) groups excluding carboxylic acids is 2. The molecule has 0 aromatic rings. The number of piperidine rings is 2. The Labute approximate surface area is 332 Å². The number of aliphatic hydroxyl groups excluding tert-OH is 3. The minimum Gasteiger partial charge on any atom is -0.462 e. The van der Waals surface area contributed by atoms with E-state index in [0.717, 1.165) is 57.7 Å². The Kier molecular flexibility index (Phi) is 17.9. The number of hydrogen-bond donors (Lipinski definition) is 3. The van der Waals surface area contributed by atoms with Crippen LogP contribution in [0.15, 0.2) is 23.8 Å². The summed E-state index contributed by atoms with van der Waals surface area (Å²) in [5.74, 6) is 0.218. The highest BCUT2D eigenvalue weighted by Gasteiger charge is 2.47. The van der Waals surface area contributed by atoms with Crippen molar-refractivity contribution in [2.45, 2.75) is 149 Å². The smallest absolute Gasteiger partial charge is 0.308 e. The van der Waals surface area contributed by atoms with Crippen molar-refractivity contribution in [1.82, 2.24) is 14.7 Å². The van der Waals surface area contributed by atoms with Gasteiger partial charge in [-0.15, -0.1) is 0 Å². The number of hydrogen-bond acceptors (Lipinski definition) is 11. The molecule has 0 saturated carbocycles. The molecular formula is C44H77N3O8. The van der Waals surface area contributed by atoms with Gasteiger partial charge in [-0.05, 0) is 116 Å². The lowest BCUT2D eigenvalue weighted by Gasteiger charge is -2.47. The van der Waals surface area contributed by atoms with Gasteiger partial charge in [0.05, 0.1) is 36.9 Å². The van der Waals surface area contributed by atoms with Crippen LogP contribution in [0.25, 0.3) is 0 Å². The fraction of sp³-hybridized carbons (Fsp3) is 0.864. The average Bonchev–Trinajstić information content (AvgIpc) is 3.11. The van der Waals surface area contributed by atoms with Crippen molar-refractivity contribution in [3.63, 3.8) is 0 Å². The fourth-order valence-corrected chi connectivity index (χ4v) is 9.72. The Morgan fingerprint density at radius 3 is 2.16 bits per heavy atom. The van der Waals surface area contributed by atoms with E-state index < -0.39 is 60.8 Å². The van der Waals surface area contributed by atoms with Gasteiger partial charge in [0.2, 0.25) is 0 Å². The molecule has 0 aliphatic carbocycles. The molecule has 4 aliphatic heterocycles. The van der Waals surface area contributed by atoms with Crippen molar-refractivity contribution in [1.29, 1.82) is 0 Å². The van der Waals surface area contributed by atoms with Gasteiger partial charge in [-0.25, -0.2) is 0 Å².